The average Bonchev–Trinajstić information content (AvgIpc) is 2.62. The lowest BCUT2D eigenvalue weighted by Crippen LogP contribution is -2.04. The van der Waals surface area contributed by atoms with Crippen LogP contribution in [0.1, 0.15) is 5.56 Å². The molecule has 0 radical (unpaired) electrons. The van der Waals surface area contributed by atoms with Gasteiger partial charge in [-0.2, -0.15) is 0 Å². The van der Waals surface area contributed by atoms with Crippen LogP contribution in [0.5, 0.6) is 0 Å². The molecule has 0 spiro atoms. The summed E-state index contributed by atoms with van der Waals surface area (Å²) in [6.45, 7) is 2.05. The largest absolute Gasteiger partial charge is 0.422 e. The summed E-state index contributed by atoms with van der Waals surface area (Å²) in [4.78, 5) is 17.0. The van der Waals surface area contributed by atoms with E-state index in [2.05, 4.69) is 4.98 Å². The molecule has 0 N–H and O–H groups in total. The highest BCUT2D eigenvalue weighted by Crippen LogP contribution is 2.23. The maximum atomic E-state index is 12.3. The van der Waals surface area contributed by atoms with Gasteiger partial charge in [0.25, 0.3) is 0 Å². The van der Waals surface area contributed by atoms with Crippen LogP contribution in [0.2, 0.25) is 0 Å². The Bertz CT molecular complexity index is 1080. The van der Waals surface area contributed by atoms with Crippen LogP contribution in [0.15, 0.2) is 82.0 Å². The molecule has 0 aliphatic heterocycles. The molecule has 0 amide bonds. The summed E-state index contributed by atoms with van der Waals surface area (Å²) < 4.78 is 5.41. The Morgan fingerprint density at radius 1 is 0.833 bits per heavy atom. The Labute approximate surface area is 139 Å². The predicted molar refractivity (Wildman–Crippen MR) is 95.9 cm³/mol. The first kappa shape index (κ1) is 14.4. The van der Waals surface area contributed by atoms with Gasteiger partial charge in [-0.3, -0.25) is 0 Å². The minimum Gasteiger partial charge on any atom is -0.422 e. The minimum atomic E-state index is -0.373. The van der Waals surface area contributed by atoms with E-state index in [-0.39, 0.29) is 5.63 Å². The van der Waals surface area contributed by atoms with Gasteiger partial charge in [-0.05, 0) is 31.2 Å². The van der Waals surface area contributed by atoms with Gasteiger partial charge in [0.1, 0.15) is 5.58 Å². The predicted octanol–water partition coefficient (Wildman–Crippen LogP) is 4.83. The Balaban J connectivity index is 1.85. The van der Waals surface area contributed by atoms with Crippen molar-refractivity contribution < 1.29 is 4.42 Å². The molecule has 0 unspecified atom stereocenters. The molecule has 2 heterocycles. The number of pyridine rings is 1. The molecule has 0 bridgehead atoms. The molecule has 0 saturated heterocycles. The highest BCUT2D eigenvalue weighted by molar-refractivity contribution is 5.81. The van der Waals surface area contributed by atoms with Gasteiger partial charge >= 0.3 is 5.63 Å². The van der Waals surface area contributed by atoms with Gasteiger partial charge in [-0.15, -0.1) is 0 Å². The summed E-state index contributed by atoms with van der Waals surface area (Å²) in [6.07, 6.45) is 0. The van der Waals surface area contributed by atoms with Gasteiger partial charge in [0.05, 0.1) is 17.0 Å². The quantitative estimate of drug-likeness (QED) is 0.498. The van der Waals surface area contributed by atoms with Crippen LogP contribution >= 0.6 is 0 Å². The zero-order chi connectivity index (χ0) is 16.5. The molecule has 0 atom stereocenters. The fourth-order valence-electron chi connectivity index (χ4n) is 2.71. The number of hydrogen-bond acceptors (Lipinski definition) is 3. The summed E-state index contributed by atoms with van der Waals surface area (Å²) >= 11 is 0. The summed E-state index contributed by atoms with van der Waals surface area (Å²) in [5.41, 5.74) is 4.36. The van der Waals surface area contributed by atoms with E-state index >= 15 is 0 Å². The van der Waals surface area contributed by atoms with Crippen LogP contribution in [0.25, 0.3) is 33.5 Å². The molecule has 4 aromatic rings. The maximum Gasteiger partial charge on any atom is 0.345 e. The molecule has 2 aromatic carbocycles. The van der Waals surface area contributed by atoms with Crippen molar-refractivity contribution in [3.05, 3.63) is 88.8 Å². The normalized spacial score (nSPS) is 10.9. The van der Waals surface area contributed by atoms with Gasteiger partial charge in [0, 0.05) is 10.9 Å². The SMILES string of the molecule is Cc1ccc(-c2cccc(-c3cc4ccccc4oc3=O)n2)cc1. The van der Waals surface area contributed by atoms with Gasteiger partial charge in [0.2, 0.25) is 0 Å². The fraction of sp³-hybridized carbons (Fsp3) is 0.0476. The maximum absolute atomic E-state index is 12.3. The van der Waals surface area contributed by atoms with Crippen molar-refractivity contribution in [2.24, 2.45) is 0 Å². The van der Waals surface area contributed by atoms with E-state index in [1.54, 1.807) is 6.07 Å². The van der Waals surface area contributed by atoms with Gasteiger partial charge in [0.15, 0.2) is 0 Å². The Morgan fingerprint density at radius 3 is 2.42 bits per heavy atom. The third-order valence-corrected chi connectivity index (χ3v) is 4.01. The topological polar surface area (TPSA) is 43.1 Å². The third-order valence-electron chi connectivity index (χ3n) is 4.01. The lowest BCUT2D eigenvalue weighted by molar-refractivity contribution is 0.563. The van der Waals surface area contributed by atoms with E-state index in [0.29, 0.717) is 16.8 Å². The third kappa shape index (κ3) is 2.61. The minimum absolute atomic E-state index is 0.373. The van der Waals surface area contributed by atoms with E-state index in [1.807, 2.05) is 73.7 Å². The molecule has 0 aliphatic rings. The Hall–Kier alpha value is -3.20. The lowest BCUT2D eigenvalue weighted by atomic mass is 10.1. The van der Waals surface area contributed by atoms with Crippen molar-refractivity contribution in [1.82, 2.24) is 4.98 Å². The second kappa shape index (κ2) is 5.78. The van der Waals surface area contributed by atoms with E-state index in [9.17, 15) is 4.79 Å². The van der Waals surface area contributed by atoms with Crippen molar-refractivity contribution in [3.63, 3.8) is 0 Å². The summed E-state index contributed by atoms with van der Waals surface area (Å²) in [5, 5.41) is 0.884. The Morgan fingerprint density at radius 2 is 1.58 bits per heavy atom. The van der Waals surface area contributed by atoms with Crippen molar-refractivity contribution in [2.75, 3.05) is 0 Å². The second-order valence-electron chi connectivity index (χ2n) is 5.76. The number of benzene rings is 2. The van der Waals surface area contributed by atoms with Crippen LogP contribution in [-0.4, -0.2) is 4.98 Å². The summed E-state index contributed by atoms with van der Waals surface area (Å²) in [7, 11) is 0. The van der Waals surface area contributed by atoms with Crippen molar-refractivity contribution in [2.45, 2.75) is 6.92 Å². The lowest BCUT2D eigenvalue weighted by Gasteiger charge is -2.05. The molecule has 3 heteroatoms. The molecule has 2 aromatic heterocycles. The van der Waals surface area contributed by atoms with Crippen LogP contribution in [0.3, 0.4) is 0 Å². The van der Waals surface area contributed by atoms with Gasteiger partial charge in [-0.1, -0.05) is 54.1 Å². The van der Waals surface area contributed by atoms with Crippen molar-refractivity contribution in [1.29, 1.82) is 0 Å². The molecule has 4 rings (SSSR count). The van der Waals surface area contributed by atoms with E-state index in [4.69, 9.17) is 4.42 Å². The van der Waals surface area contributed by atoms with Crippen LogP contribution in [0.4, 0.5) is 0 Å². The van der Waals surface area contributed by atoms with Gasteiger partial charge < -0.3 is 4.42 Å². The van der Waals surface area contributed by atoms with Crippen LogP contribution in [-0.2, 0) is 0 Å². The van der Waals surface area contributed by atoms with Crippen LogP contribution < -0.4 is 5.63 Å². The molecular weight excluding hydrogens is 298 g/mol. The standard InChI is InChI=1S/C21H15NO2/c1-14-9-11-15(12-10-14)18-6-4-7-19(22-18)17-13-16-5-2-3-8-20(16)24-21(17)23/h2-13H,1H3. The number of nitrogens with zero attached hydrogens (tertiary/aromatic N) is 1. The smallest absolute Gasteiger partial charge is 0.345 e. The zero-order valence-electron chi connectivity index (χ0n) is 13.2. The van der Waals surface area contributed by atoms with E-state index in [0.717, 1.165) is 16.6 Å². The van der Waals surface area contributed by atoms with Crippen molar-refractivity contribution >= 4 is 11.0 Å². The van der Waals surface area contributed by atoms with E-state index in [1.165, 1.54) is 5.56 Å². The monoisotopic (exact) mass is 313 g/mol. The zero-order valence-corrected chi connectivity index (χ0v) is 13.2. The number of fused-ring (bicyclic) bond motifs is 1. The number of aromatic nitrogens is 1. The summed E-state index contributed by atoms with van der Waals surface area (Å²) in [5.74, 6) is 0. The highest BCUT2D eigenvalue weighted by atomic mass is 16.4. The number of para-hydroxylation sites is 1. The average molecular weight is 313 g/mol. The summed E-state index contributed by atoms with van der Waals surface area (Å²) in [6, 6.07) is 23.2. The molecule has 116 valence electrons. The number of aryl methyl sites for hydroxylation is 1. The van der Waals surface area contributed by atoms with Crippen molar-refractivity contribution in [3.8, 4) is 22.5 Å². The molecule has 0 fully saturated rings. The first-order valence-corrected chi connectivity index (χ1v) is 7.78. The molecule has 3 nitrogen and oxygen atoms in total. The number of hydrogen-bond donors (Lipinski definition) is 0. The van der Waals surface area contributed by atoms with E-state index < -0.39 is 0 Å². The Kier molecular flexibility index (Phi) is 3.47. The first-order valence-electron chi connectivity index (χ1n) is 7.78. The highest BCUT2D eigenvalue weighted by Gasteiger charge is 2.10. The molecule has 24 heavy (non-hydrogen) atoms. The van der Waals surface area contributed by atoms with Crippen LogP contribution in [0, 0.1) is 6.92 Å². The molecule has 0 aliphatic carbocycles. The number of rotatable bonds is 2. The fourth-order valence-corrected chi connectivity index (χ4v) is 2.71. The molecular formula is C21H15NO2. The van der Waals surface area contributed by atoms with Gasteiger partial charge in [-0.25, -0.2) is 9.78 Å². The second-order valence-corrected chi connectivity index (χ2v) is 5.76. The first-order chi connectivity index (χ1) is 11.7. The molecule has 0 saturated carbocycles.